The average Bonchev–Trinajstić information content (AvgIpc) is 3.29. The van der Waals surface area contributed by atoms with E-state index in [0.717, 1.165) is 24.7 Å². The van der Waals surface area contributed by atoms with Crippen LogP contribution in [0.3, 0.4) is 0 Å². The first kappa shape index (κ1) is 15.7. The topological polar surface area (TPSA) is 45.7 Å². The molecule has 0 atom stereocenters. The van der Waals surface area contributed by atoms with E-state index < -0.39 is 11.6 Å². The second-order valence-corrected chi connectivity index (χ2v) is 5.11. The Kier molecular flexibility index (Phi) is 5.92. The molecule has 1 aromatic carbocycles. The van der Waals surface area contributed by atoms with Crippen LogP contribution in [-0.2, 0) is 11.3 Å². The maximum atomic E-state index is 13.5. The lowest BCUT2D eigenvalue weighted by molar-refractivity contribution is 0.129. The van der Waals surface area contributed by atoms with Crippen molar-refractivity contribution in [3.63, 3.8) is 0 Å². The number of rotatable bonds is 7. The fraction of sp³-hybridized carbons (Fsp3) is 0.533. The van der Waals surface area contributed by atoms with E-state index in [2.05, 4.69) is 15.6 Å². The van der Waals surface area contributed by atoms with Crippen molar-refractivity contribution < 1.29 is 13.5 Å². The van der Waals surface area contributed by atoms with Crippen LogP contribution < -0.4 is 10.6 Å². The van der Waals surface area contributed by atoms with Crippen molar-refractivity contribution in [1.29, 1.82) is 0 Å². The molecule has 21 heavy (non-hydrogen) atoms. The summed E-state index contributed by atoms with van der Waals surface area (Å²) in [6.45, 7) is 2.22. The van der Waals surface area contributed by atoms with Crippen molar-refractivity contribution in [1.82, 2.24) is 10.6 Å². The Hall–Kier alpha value is -1.69. The third kappa shape index (κ3) is 5.67. The summed E-state index contributed by atoms with van der Waals surface area (Å²) in [5, 5.41) is 6.01. The quantitative estimate of drug-likeness (QED) is 0.460. The summed E-state index contributed by atoms with van der Waals surface area (Å²) in [5.74, 6) is 0.392. The van der Waals surface area contributed by atoms with Gasteiger partial charge in [0, 0.05) is 32.3 Å². The van der Waals surface area contributed by atoms with Crippen LogP contribution in [0, 0.1) is 17.6 Å². The minimum absolute atomic E-state index is 0.173. The van der Waals surface area contributed by atoms with E-state index in [1.807, 2.05) is 0 Å². The number of hydrogen-bond donors (Lipinski definition) is 2. The molecule has 4 nitrogen and oxygen atoms in total. The van der Waals surface area contributed by atoms with Gasteiger partial charge in [-0.05, 0) is 37.0 Å². The summed E-state index contributed by atoms with van der Waals surface area (Å²) in [6, 6.07) is 3.39. The number of halogens is 2. The Morgan fingerprint density at radius 2 is 2.14 bits per heavy atom. The molecule has 0 aliphatic heterocycles. The summed E-state index contributed by atoms with van der Waals surface area (Å²) < 4.78 is 32.0. The van der Waals surface area contributed by atoms with E-state index in [1.165, 1.54) is 18.9 Å². The predicted molar refractivity (Wildman–Crippen MR) is 78.1 cm³/mol. The molecule has 0 radical (unpaired) electrons. The highest BCUT2D eigenvalue weighted by molar-refractivity contribution is 5.79. The number of nitrogens with one attached hydrogen (secondary N) is 2. The van der Waals surface area contributed by atoms with E-state index in [1.54, 1.807) is 7.05 Å². The lowest BCUT2D eigenvalue weighted by Crippen LogP contribution is -2.38. The Labute approximate surface area is 123 Å². The molecule has 0 heterocycles. The molecular weight excluding hydrogens is 276 g/mol. The summed E-state index contributed by atoms with van der Waals surface area (Å²) in [7, 11) is 1.63. The molecule has 2 N–H and O–H groups in total. The summed E-state index contributed by atoms with van der Waals surface area (Å²) in [6.07, 6.45) is 2.55. The first-order valence-corrected chi connectivity index (χ1v) is 7.15. The van der Waals surface area contributed by atoms with E-state index in [0.29, 0.717) is 19.1 Å². The molecule has 2 rings (SSSR count). The maximum Gasteiger partial charge on any atom is 0.191 e. The smallest absolute Gasteiger partial charge is 0.191 e. The van der Waals surface area contributed by atoms with E-state index in [9.17, 15) is 8.78 Å². The molecule has 1 saturated carbocycles. The number of ether oxygens (including phenoxy) is 1. The highest BCUT2D eigenvalue weighted by Crippen LogP contribution is 2.28. The minimum atomic E-state index is -0.454. The van der Waals surface area contributed by atoms with Crippen LogP contribution in [0.1, 0.15) is 18.4 Å². The molecule has 1 aliphatic carbocycles. The third-order valence-corrected chi connectivity index (χ3v) is 3.27. The maximum absolute atomic E-state index is 13.5. The monoisotopic (exact) mass is 297 g/mol. The molecule has 0 bridgehead atoms. The van der Waals surface area contributed by atoms with Gasteiger partial charge in [0.1, 0.15) is 11.6 Å². The van der Waals surface area contributed by atoms with Gasteiger partial charge in [0.25, 0.3) is 0 Å². The zero-order chi connectivity index (χ0) is 15.1. The van der Waals surface area contributed by atoms with Gasteiger partial charge in [-0.3, -0.25) is 4.99 Å². The molecular formula is C15H21F2N3O. The molecule has 0 aromatic heterocycles. The summed E-state index contributed by atoms with van der Waals surface area (Å²) in [4.78, 5) is 4.02. The standard InChI is InChI=1S/C15H21F2N3O/c1-18-15(19-6-7-21-10-11-2-3-11)20-9-12-8-13(16)4-5-14(12)17/h4-5,8,11H,2-3,6-7,9-10H2,1H3,(H2,18,19,20). The van der Waals surface area contributed by atoms with Gasteiger partial charge in [0.05, 0.1) is 6.61 Å². The Morgan fingerprint density at radius 3 is 2.86 bits per heavy atom. The van der Waals surface area contributed by atoms with Gasteiger partial charge in [-0.2, -0.15) is 0 Å². The van der Waals surface area contributed by atoms with Gasteiger partial charge in [-0.1, -0.05) is 0 Å². The van der Waals surface area contributed by atoms with Crippen molar-refractivity contribution in [3.05, 3.63) is 35.4 Å². The van der Waals surface area contributed by atoms with E-state index in [-0.39, 0.29) is 12.1 Å². The van der Waals surface area contributed by atoms with Gasteiger partial charge in [0.15, 0.2) is 5.96 Å². The normalized spacial score (nSPS) is 15.1. The molecule has 0 amide bonds. The lowest BCUT2D eigenvalue weighted by Gasteiger charge is -2.12. The van der Waals surface area contributed by atoms with Crippen molar-refractivity contribution in [2.45, 2.75) is 19.4 Å². The second-order valence-electron chi connectivity index (χ2n) is 5.11. The minimum Gasteiger partial charge on any atom is -0.379 e. The van der Waals surface area contributed by atoms with Gasteiger partial charge in [-0.25, -0.2) is 8.78 Å². The number of benzene rings is 1. The van der Waals surface area contributed by atoms with Crippen molar-refractivity contribution in [3.8, 4) is 0 Å². The SMILES string of the molecule is CN=C(NCCOCC1CC1)NCc1cc(F)ccc1F. The number of aliphatic imine (C=N–C) groups is 1. The largest absolute Gasteiger partial charge is 0.379 e. The highest BCUT2D eigenvalue weighted by Gasteiger charge is 2.20. The average molecular weight is 297 g/mol. The van der Waals surface area contributed by atoms with Crippen LogP contribution in [0.5, 0.6) is 0 Å². The molecule has 116 valence electrons. The fourth-order valence-corrected chi connectivity index (χ4v) is 1.85. The fourth-order valence-electron chi connectivity index (χ4n) is 1.85. The number of nitrogens with zero attached hydrogens (tertiary/aromatic N) is 1. The molecule has 1 aliphatic rings. The van der Waals surface area contributed by atoms with Crippen LogP contribution in [0.25, 0.3) is 0 Å². The highest BCUT2D eigenvalue weighted by atomic mass is 19.1. The zero-order valence-corrected chi connectivity index (χ0v) is 12.2. The molecule has 0 unspecified atom stereocenters. The Morgan fingerprint density at radius 1 is 1.33 bits per heavy atom. The Balaban J connectivity index is 1.67. The molecule has 0 spiro atoms. The van der Waals surface area contributed by atoms with Gasteiger partial charge in [-0.15, -0.1) is 0 Å². The first-order valence-electron chi connectivity index (χ1n) is 7.15. The number of hydrogen-bond acceptors (Lipinski definition) is 2. The van der Waals surface area contributed by atoms with Crippen LogP contribution in [0.2, 0.25) is 0 Å². The molecule has 1 fully saturated rings. The van der Waals surface area contributed by atoms with Crippen LogP contribution in [0.4, 0.5) is 8.78 Å². The van der Waals surface area contributed by atoms with Crippen molar-refractivity contribution in [2.24, 2.45) is 10.9 Å². The zero-order valence-electron chi connectivity index (χ0n) is 12.2. The summed E-state index contributed by atoms with van der Waals surface area (Å²) >= 11 is 0. The van der Waals surface area contributed by atoms with Crippen LogP contribution in [-0.4, -0.2) is 32.8 Å². The van der Waals surface area contributed by atoms with Crippen molar-refractivity contribution in [2.75, 3.05) is 26.8 Å². The van der Waals surface area contributed by atoms with E-state index >= 15 is 0 Å². The second kappa shape index (κ2) is 7.93. The van der Waals surface area contributed by atoms with E-state index in [4.69, 9.17) is 4.74 Å². The van der Waals surface area contributed by atoms with Gasteiger partial charge in [0.2, 0.25) is 0 Å². The molecule has 6 heteroatoms. The predicted octanol–water partition coefficient (Wildman–Crippen LogP) is 2.06. The summed E-state index contributed by atoms with van der Waals surface area (Å²) in [5.41, 5.74) is 0.267. The first-order chi connectivity index (χ1) is 10.2. The van der Waals surface area contributed by atoms with Crippen LogP contribution in [0.15, 0.2) is 23.2 Å². The van der Waals surface area contributed by atoms with Gasteiger partial charge >= 0.3 is 0 Å². The molecule has 1 aromatic rings. The lowest BCUT2D eigenvalue weighted by atomic mass is 10.2. The number of guanidine groups is 1. The van der Waals surface area contributed by atoms with Crippen LogP contribution >= 0.6 is 0 Å². The van der Waals surface area contributed by atoms with Crippen molar-refractivity contribution >= 4 is 5.96 Å². The third-order valence-electron chi connectivity index (χ3n) is 3.27. The molecule has 0 saturated heterocycles. The Bertz CT molecular complexity index is 490. The van der Waals surface area contributed by atoms with Gasteiger partial charge < -0.3 is 15.4 Å².